The predicted octanol–water partition coefficient (Wildman–Crippen LogP) is 3.70. The van der Waals surface area contributed by atoms with Crippen LogP contribution < -0.4 is 10.1 Å². The average molecular weight is 277 g/mol. The largest absolute Gasteiger partial charge is 0.496 e. The van der Waals surface area contributed by atoms with Gasteiger partial charge in [-0.2, -0.15) is 0 Å². The molecule has 3 nitrogen and oxygen atoms in total. The van der Waals surface area contributed by atoms with E-state index in [1.165, 1.54) is 18.4 Å². The highest BCUT2D eigenvalue weighted by Crippen LogP contribution is 2.44. The smallest absolute Gasteiger partial charge is 0.123 e. The number of para-hydroxylation sites is 1. The first-order valence-electron chi connectivity index (χ1n) is 7.69. The molecule has 0 aromatic heterocycles. The van der Waals surface area contributed by atoms with Gasteiger partial charge in [-0.15, -0.1) is 0 Å². The van der Waals surface area contributed by atoms with Crippen molar-refractivity contribution in [2.24, 2.45) is 0 Å². The van der Waals surface area contributed by atoms with Gasteiger partial charge in [0.2, 0.25) is 0 Å². The third-order valence-corrected chi connectivity index (χ3v) is 4.43. The molecule has 1 aliphatic carbocycles. The summed E-state index contributed by atoms with van der Waals surface area (Å²) in [4.78, 5) is 0. The lowest BCUT2D eigenvalue weighted by Crippen LogP contribution is -2.44. The molecule has 1 atom stereocenters. The van der Waals surface area contributed by atoms with Gasteiger partial charge in [-0.1, -0.05) is 38.0 Å². The van der Waals surface area contributed by atoms with E-state index in [-0.39, 0.29) is 11.6 Å². The number of hydrogen-bond donors (Lipinski definition) is 1. The normalized spacial score (nSPS) is 18.9. The second kappa shape index (κ2) is 7.09. The molecule has 2 rings (SSSR count). The average Bonchev–Trinajstić information content (AvgIpc) is 2.98. The topological polar surface area (TPSA) is 30.5 Å². The standard InChI is InChI=1S/C17H27NO2/c1-4-13-18-16(17(20-3)11-7-8-12-17)14-9-5-6-10-15(14)19-2/h5-6,9-10,16,18H,4,7-8,11-13H2,1-3H3. The summed E-state index contributed by atoms with van der Waals surface area (Å²) >= 11 is 0. The molecule has 0 bridgehead atoms. The Labute approximate surface area is 122 Å². The highest BCUT2D eigenvalue weighted by Gasteiger charge is 2.43. The Morgan fingerprint density at radius 2 is 1.90 bits per heavy atom. The second-order valence-corrected chi connectivity index (χ2v) is 5.61. The Bertz CT molecular complexity index is 413. The maximum Gasteiger partial charge on any atom is 0.123 e. The minimum atomic E-state index is -0.0934. The third-order valence-electron chi connectivity index (χ3n) is 4.43. The second-order valence-electron chi connectivity index (χ2n) is 5.61. The minimum Gasteiger partial charge on any atom is -0.496 e. The molecule has 1 aromatic rings. The lowest BCUT2D eigenvalue weighted by Gasteiger charge is -2.38. The molecular weight excluding hydrogens is 250 g/mol. The molecule has 1 saturated carbocycles. The van der Waals surface area contributed by atoms with E-state index in [9.17, 15) is 0 Å². The Kier molecular flexibility index (Phi) is 5.44. The summed E-state index contributed by atoms with van der Waals surface area (Å²) in [6.45, 7) is 3.19. The van der Waals surface area contributed by atoms with E-state index in [4.69, 9.17) is 9.47 Å². The van der Waals surface area contributed by atoms with Gasteiger partial charge in [0.05, 0.1) is 18.8 Å². The van der Waals surface area contributed by atoms with Crippen molar-refractivity contribution in [2.75, 3.05) is 20.8 Å². The van der Waals surface area contributed by atoms with Crippen molar-refractivity contribution in [1.29, 1.82) is 0 Å². The summed E-state index contributed by atoms with van der Waals surface area (Å²) in [5, 5.41) is 3.69. The van der Waals surface area contributed by atoms with Gasteiger partial charge >= 0.3 is 0 Å². The Morgan fingerprint density at radius 1 is 1.20 bits per heavy atom. The van der Waals surface area contributed by atoms with Crippen LogP contribution in [0.15, 0.2) is 24.3 Å². The molecule has 3 heteroatoms. The molecule has 1 unspecified atom stereocenters. The van der Waals surface area contributed by atoms with Crippen LogP contribution in [0.5, 0.6) is 5.75 Å². The van der Waals surface area contributed by atoms with Crippen LogP contribution in [0.1, 0.15) is 50.6 Å². The van der Waals surface area contributed by atoms with E-state index < -0.39 is 0 Å². The van der Waals surface area contributed by atoms with Crippen molar-refractivity contribution in [3.8, 4) is 5.75 Å². The predicted molar refractivity (Wildman–Crippen MR) is 82.2 cm³/mol. The summed E-state index contributed by atoms with van der Waals surface area (Å²) < 4.78 is 11.6. The third kappa shape index (κ3) is 2.99. The van der Waals surface area contributed by atoms with Gasteiger partial charge in [0, 0.05) is 12.7 Å². The zero-order valence-electron chi connectivity index (χ0n) is 12.9. The zero-order valence-corrected chi connectivity index (χ0v) is 12.9. The number of hydrogen-bond acceptors (Lipinski definition) is 3. The zero-order chi connectivity index (χ0) is 14.4. The molecule has 0 amide bonds. The number of benzene rings is 1. The molecule has 1 N–H and O–H groups in total. The summed E-state index contributed by atoms with van der Waals surface area (Å²) in [5.74, 6) is 0.949. The van der Waals surface area contributed by atoms with Crippen LogP contribution in [-0.4, -0.2) is 26.4 Å². The maximum atomic E-state index is 5.99. The van der Waals surface area contributed by atoms with Crippen LogP contribution in [-0.2, 0) is 4.74 Å². The molecule has 0 saturated heterocycles. The Morgan fingerprint density at radius 3 is 2.50 bits per heavy atom. The molecule has 0 heterocycles. The van der Waals surface area contributed by atoms with E-state index >= 15 is 0 Å². The van der Waals surface area contributed by atoms with Gasteiger partial charge in [-0.05, 0) is 31.9 Å². The van der Waals surface area contributed by atoms with Crippen LogP contribution >= 0.6 is 0 Å². The molecule has 0 aliphatic heterocycles. The minimum absolute atomic E-state index is 0.0934. The van der Waals surface area contributed by atoms with Crippen LogP contribution in [0.2, 0.25) is 0 Å². The first-order valence-corrected chi connectivity index (χ1v) is 7.69. The Hall–Kier alpha value is -1.06. The fourth-order valence-corrected chi connectivity index (χ4v) is 3.36. The molecule has 20 heavy (non-hydrogen) atoms. The monoisotopic (exact) mass is 277 g/mol. The lowest BCUT2D eigenvalue weighted by molar-refractivity contribution is -0.0372. The summed E-state index contributed by atoms with van der Waals surface area (Å²) in [6, 6.07) is 8.50. The van der Waals surface area contributed by atoms with Gasteiger partial charge in [-0.3, -0.25) is 0 Å². The molecule has 1 aliphatic rings. The van der Waals surface area contributed by atoms with Gasteiger partial charge in [0.15, 0.2) is 0 Å². The number of methoxy groups -OCH3 is 2. The van der Waals surface area contributed by atoms with Gasteiger partial charge in [0.1, 0.15) is 5.75 Å². The van der Waals surface area contributed by atoms with Crippen LogP contribution in [0.3, 0.4) is 0 Å². The molecule has 1 fully saturated rings. The van der Waals surface area contributed by atoms with E-state index in [1.54, 1.807) is 7.11 Å². The highest BCUT2D eigenvalue weighted by molar-refractivity contribution is 5.38. The van der Waals surface area contributed by atoms with Crippen molar-refractivity contribution < 1.29 is 9.47 Å². The number of nitrogens with one attached hydrogen (secondary N) is 1. The molecule has 112 valence electrons. The first-order chi connectivity index (χ1) is 9.77. The summed E-state index contributed by atoms with van der Waals surface area (Å²) in [7, 11) is 3.59. The quantitative estimate of drug-likeness (QED) is 0.824. The number of rotatable bonds is 7. The molecule has 0 radical (unpaired) electrons. The van der Waals surface area contributed by atoms with E-state index in [1.807, 2.05) is 19.2 Å². The highest BCUT2D eigenvalue weighted by atomic mass is 16.5. The van der Waals surface area contributed by atoms with Crippen molar-refractivity contribution in [3.63, 3.8) is 0 Å². The molecule has 1 aromatic carbocycles. The van der Waals surface area contributed by atoms with Crippen LogP contribution in [0.25, 0.3) is 0 Å². The maximum absolute atomic E-state index is 5.99. The van der Waals surface area contributed by atoms with Gasteiger partial charge in [0.25, 0.3) is 0 Å². The SMILES string of the molecule is CCCNC(c1ccccc1OC)C1(OC)CCCC1. The molecular formula is C17H27NO2. The van der Waals surface area contributed by atoms with E-state index in [0.717, 1.165) is 31.6 Å². The van der Waals surface area contributed by atoms with Gasteiger partial charge < -0.3 is 14.8 Å². The van der Waals surface area contributed by atoms with Crippen molar-refractivity contribution >= 4 is 0 Å². The van der Waals surface area contributed by atoms with Crippen molar-refractivity contribution in [2.45, 2.75) is 50.7 Å². The van der Waals surface area contributed by atoms with Crippen LogP contribution in [0, 0.1) is 0 Å². The van der Waals surface area contributed by atoms with E-state index in [0.29, 0.717) is 0 Å². The van der Waals surface area contributed by atoms with Gasteiger partial charge in [-0.25, -0.2) is 0 Å². The van der Waals surface area contributed by atoms with Crippen LogP contribution in [0.4, 0.5) is 0 Å². The van der Waals surface area contributed by atoms with E-state index in [2.05, 4.69) is 24.4 Å². The first kappa shape index (κ1) is 15.3. The summed E-state index contributed by atoms with van der Waals surface area (Å²) in [6.07, 6.45) is 5.83. The lowest BCUT2D eigenvalue weighted by atomic mass is 9.86. The van der Waals surface area contributed by atoms with Crippen molar-refractivity contribution in [3.05, 3.63) is 29.8 Å². The fraction of sp³-hybridized carbons (Fsp3) is 0.647. The molecule has 0 spiro atoms. The summed E-state index contributed by atoms with van der Waals surface area (Å²) in [5.41, 5.74) is 1.12. The number of ether oxygens (including phenoxy) is 2. The Balaban J connectivity index is 2.35. The van der Waals surface area contributed by atoms with Crippen molar-refractivity contribution in [1.82, 2.24) is 5.32 Å². The fourth-order valence-electron chi connectivity index (χ4n) is 3.36.